The first-order chi connectivity index (χ1) is 12.1. The molecule has 2 aromatic rings. The topological polar surface area (TPSA) is 46.6 Å². The van der Waals surface area contributed by atoms with Crippen LogP contribution in [0, 0.1) is 5.92 Å². The van der Waals surface area contributed by atoms with Gasteiger partial charge in [-0.25, -0.2) is 12.7 Å². The van der Waals surface area contributed by atoms with Crippen molar-refractivity contribution in [2.24, 2.45) is 5.92 Å². The van der Waals surface area contributed by atoms with E-state index in [-0.39, 0.29) is 5.75 Å². The van der Waals surface area contributed by atoms with Gasteiger partial charge < -0.3 is 4.74 Å². The number of hydrogen-bond donors (Lipinski definition) is 0. The van der Waals surface area contributed by atoms with Crippen LogP contribution >= 0.6 is 0 Å². The highest BCUT2D eigenvalue weighted by molar-refractivity contribution is 7.88. The molecule has 0 bridgehead atoms. The quantitative estimate of drug-likeness (QED) is 0.761. The van der Waals surface area contributed by atoms with E-state index in [2.05, 4.69) is 12.1 Å². The molecule has 2 aromatic carbocycles. The number of sulfonamides is 1. The summed E-state index contributed by atoms with van der Waals surface area (Å²) in [5, 5.41) is 0. The minimum atomic E-state index is -3.23. The van der Waals surface area contributed by atoms with Crippen LogP contribution < -0.4 is 0 Å². The Bertz CT molecular complexity index is 739. The number of piperidine rings is 1. The van der Waals surface area contributed by atoms with E-state index >= 15 is 0 Å². The van der Waals surface area contributed by atoms with Crippen molar-refractivity contribution in [2.75, 3.05) is 19.7 Å². The fourth-order valence-corrected chi connectivity index (χ4v) is 4.71. The fraction of sp³-hybridized carbons (Fsp3) is 0.400. The van der Waals surface area contributed by atoms with Gasteiger partial charge in [-0.05, 0) is 29.9 Å². The monoisotopic (exact) mass is 359 g/mol. The maximum Gasteiger partial charge on any atom is 0.218 e. The minimum absolute atomic E-state index is 0.0863. The normalized spacial score (nSPS) is 16.8. The highest BCUT2D eigenvalue weighted by atomic mass is 32.2. The van der Waals surface area contributed by atoms with Crippen molar-refractivity contribution < 1.29 is 13.2 Å². The molecule has 5 heteroatoms. The van der Waals surface area contributed by atoms with Crippen LogP contribution in [0.15, 0.2) is 60.7 Å². The molecule has 1 aliphatic rings. The molecule has 1 aliphatic heterocycles. The molecule has 1 heterocycles. The smallest absolute Gasteiger partial charge is 0.218 e. The van der Waals surface area contributed by atoms with Gasteiger partial charge >= 0.3 is 0 Å². The van der Waals surface area contributed by atoms with E-state index in [1.165, 1.54) is 5.56 Å². The van der Waals surface area contributed by atoms with Crippen molar-refractivity contribution in [1.29, 1.82) is 0 Å². The Morgan fingerprint density at radius 3 is 2.04 bits per heavy atom. The van der Waals surface area contributed by atoms with Crippen LogP contribution in [0.1, 0.15) is 24.0 Å². The molecule has 1 saturated heterocycles. The molecule has 0 aliphatic carbocycles. The van der Waals surface area contributed by atoms with Gasteiger partial charge in [0.2, 0.25) is 10.0 Å². The lowest BCUT2D eigenvalue weighted by molar-refractivity contribution is 0.0688. The molecule has 0 radical (unpaired) electrons. The summed E-state index contributed by atoms with van der Waals surface area (Å²) in [6.45, 7) is 2.50. The van der Waals surface area contributed by atoms with Gasteiger partial charge in [-0.1, -0.05) is 60.7 Å². The summed E-state index contributed by atoms with van der Waals surface area (Å²) in [6.07, 6.45) is 1.73. The number of benzene rings is 2. The second-order valence-electron chi connectivity index (χ2n) is 6.58. The molecular weight excluding hydrogens is 334 g/mol. The van der Waals surface area contributed by atoms with Gasteiger partial charge in [0.05, 0.1) is 12.4 Å². The third-order valence-corrected chi connectivity index (χ3v) is 6.47. The molecule has 4 nitrogen and oxygen atoms in total. The molecule has 0 N–H and O–H groups in total. The number of ether oxygens (including phenoxy) is 1. The highest BCUT2D eigenvalue weighted by Crippen LogP contribution is 2.22. The molecule has 0 spiro atoms. The number of hydrogen-bond acceptors (Lipinski definition) is 3. The van der Waals surface area contributed by atoms with E-state index in [0.717, 1.165) is 18.4 Å². The summed E-state index contributed by atoms with van der Waals surface area (Å²) < 4.78 is 32.6. The van der Waals surface area contributed by atoms with Crippen molar-refractivity contribution in [1.82, 2.24) is 4.31 Å². The summed E-state index contributed by atoms with van der Waals surface area (Å²) in [5.74, 6) is 0.523. The van der Waals surface area contributed by atoms with E-state index in [0.29, 0.717) is 32.2 Å². The molecule has 134 valence electrons. The van der Waals surface area contributed by atoms with Gasteiger partial charge in [-0.15, -0.1) is 0 Å². The first-order valence-corrected chi connectivity index (χ1v) is 10.4. The van der Waals surface area contributed by atoms with Gasteiger partial charge in [0.1, 0.15) is 0 Å². The van der Waals surface area contributed by atoms with Crippen LogP contribution in [0.5, 0.6) is 0 Å². The van der Waals surface area contributed by atoms with Gasteiger partial charge in [-0.2, -0.15) is 0 Å². The van der Waals surface area contributed by atoms with Crippen molar-refractivity contribution in [3.63, 3.8) is 0 Å². The number of nitrogens with zero attached hydrogens (tertiary/aromatic N) is 1. The Labute approximate surface area is 150 Å². The largest absolute Gasteiger partial charge is 0.376 e. The van der Waals surface area contributed by atoms with Crippen LogP contribution in [0.4, 0.5) is 0 Å². The summed E-state index contributed by atoms with van der Waals surface area (Å²) in [6, 6.07) is 19.5. The predicted molar refractivity (Wildman–Crippen MR) is 99.5 cm³/mol. The lowest BCUT2D eigenvalue weighted by atomic mass is 9.99. The van der Waals surface area contributed by atoms with E-state index in [1.54, 1.807) is 4.31 Å². The molecule has 0 atom stereocenters. The molecule has 0 aromatic heterocycles. The molecule has 3 rings (SSSR count). The van der Waals surface area contributed by atoms with Crippen molar-refractivity contribution >= 4 is 10.0 Å². The van der Waals surface area contributed by atoms with Crippen LogP contribution in [-0.2, 0) is 27.1 Å². The molecule has 1 fully saturated rings. The Morgan fingerprint density at radius 2 is 1.44 bits per heavy atom. The zero-order valence-corrected chi connectivity index (χ0v) is 15.2. The van der Waals surface area contributed by atoms with E-state index < -0.39 is 10.0 Å². The SMILES string of the molecule is O=S(=O)(Cc1ccccc1)N1CCC(COCc2ccccc2)CC1. The van der Waals surface area contributed by atoms with Crippen molar-refractivity contribution in [3.8, 4) is 0 Å². The van der Waals surface area contributed by atoms with Crippen LogP contribution in [-0.4, -0.2) is 32.4 Å². The molecule has 0 amide bonds. The second-order valence-corrected chi connectivity index (χ2v) is 8.55. The van der Waals surface area contributed by atoms with Crippen LogP contribution in [0.25, 0.3) is 0 Å². The van der Waals surface area contributed by atoms with E-state index in [4.69, 9.17) is 4.74 Å². The van der Waals surface area contributed by atoms with Gasteiger partial charge in [0.15, 0.2) is 0 Å². The third-order valence-electron chi connectivity index (χ3n) is 4.62. The van der Waals surface area contributed by atoms with Gasteiger partial charge in [-0.3, -0.25) is 0 Å². The molecule has 0 saturated carbocycles. The van der Waals surface area contributed by atoms with Crippen LogP contribution in [0.3, 0.4) is 0 Å². The first-order valence-electron chi connectivity index (χ1n) is 8.77. The van der Waals surface area contributed by atoms with E-state index in [9.17, 15) is 8.42 Å². The minimum Gasteiger partial charge on any atom is -0.376 e. The van der Waals surface area contributed by atoms with Gasteiger partial charge in [0.25, 0.3) is 0 Å². The molecule has 25 heavy (non-hydrogen) atoms. The summed E-state index contributed by atoms with van der Waals surface area (Å²) in [4.78, 5) is 0. The zero-order valence-electron chi connectivity index (χ0n) is 14.4. The second kappa shape index (κ2) is 8.61. The highest BCUT2D eigenvalue weighted by Gasteiger charge is 2.28. The van der Waals surface area contributed by atoms with Crippen molar-refractivity contribution in [3.05, 3.63) is 71.8 Å². The average molecular weight is 359 g/mol. The summed E-state index contributed by atoms with van der Waals surface area (Å²) in [5.41, 5.74) is 2.01. The lowest BCUT2D eigenvalue weighted by Crippen LogP contribution is -2.40. The maximum absolute atomic E-state index is 12.6. The Morgan fingerprint density at radius 1 is 0.880 bits per heavy atom. The van der Waals surface area contributed by atoms with Crippen molar-refractivity contribution in [2.45, 2.75) is 25.2 Å². The third kappa shape index (κ3) is 5.39. The number of rotatable bonds is 7. The average Bonchev–Trinajstić information content (AvgIpc) is 2.64. The maximum atomic E-state index is 12.6. The summed E-state index contributed by atoms with van der Waals surface area (Å²) in [7, 11) is -3.23. The lowest BCUT2D eigenvalue weighted by Gasteiger charge is -2.31. The standard InChI is InChI=1S/C20H25NO3S/c22-25(23,17-20-9-5-2-6-10-20)21-13-11-19(12-14-21)16-24-15-18-7-3-1-4-8-18/h1-10,19H,11-17H2. The fourth-order valence-electron chi connectivity index (χ4n) is 3.15. The zero-order chi connectivity index (χ0) is 17.5. The Hall–Kier alpha value is -1.69. The van der Waals surface area contributed by atoms with E-state index in [1.807, 2.05) is 48.5 Å². The predicted octanol–water partition coefficient (Wildman–Crippen LogP) is 3.45. The first kappa shape index (κ1) is 18.1. The summed E-state index contributed by atoms with van der Waals surface area (Å²) >= 11 is 0. The van der Waals surface area contributed by atoms with Gasteiger partial charge in [0, 0.05) is 19.7 Å². The van der Waals surface area contributed by atoms with Crippen LogP contribution in [0.2, 0.25) is 0 Å². The molecule has 0 unspecified atom stereocenters. The Kier molecular flexibility index (Phi) is 6.24. The Balaban J connectivity index is 1.43. The molecular formula is C20H25NO3S.